The van der Waals surface area contributed by atoms with E-state index in [0.29, 0.717) is 11.4 Å². The van der Waals surface area contributed by atoms with Gasteiger partial charge in [0.15, 0.2) is 0 Å². The molecular formula is C18H15N3O2. The van der Waals surface area contributed by atoms with Gasteiger partial charge in [-0.2, -0.15) is 0 Å². The number of hydrogen-bond acceptors (Lipinski definition) is 3. The van der Waals surface area contributed by atoms with Gasteiger partial charge >= 0.3 is 0 Å². The number of anilines is 1. The van der Waals surface area contributed by atoms with Crippen LogP contribution in [0.15, 0.2) is 71.9 Å². The standard InChI is InChI=1S/C18H15N3O2/c1-13(22)20-16-3-2-4-17(11-16)21-12-15(5-6-18(21)23)14-7-9-19-10-8-14/h2-12H,1H3,(H,20,22). The minimum atomic E-state index is -0.153. The summed E-state index contributed by atoms with van der Waals surface area (Å²) in [5.74, 6) is -0.153. The molecule has 0 unspecified atom stereocenters. The SMILES string of the molecule is CC(=O)Nc1cccc(-n2cc(-c3ccncc3)ccc2=O)c1. The number of hydrogen-bond donors (Lipinski definition) is 1. The molecule has 0 spiro atoms. The van der Waals surface area contributed by atoms with E-state index in [1.807, 2.05) is 18.2 Å². The van der Waals surface area contributed by atoms with E-state index in [9.17, 15) is 9.59 Å². The van der Waals surface area contributed by atoms with Crippen LogP contribution in [0.1, 0.15) is 6.92 Å². The number of carbonyl (C=O) groups is 1. The number of pyridine rings is 2. The minimum Gasteiger partial charge on any atom is -0.326 e. The molecule has 0 fully saturated rings. The van der Waals surface area contributed by atoms with Gasteiger partial charge in [-0.05, 0) is 47.5 Å². The molecule has 0 bridgehead atoms. The Hall–Kier alpha value is -3.21. The third-order valence-corrected chi connectivity index (χ3v) is 3.37. The molecule has 0 saturated heterocycles. The molecule has 0 atom stereocenters. The molecule has 23 heavy (non-hydrogen) atoms. The van der Waals surface area contributed by atoms with Crippen molar-refractivity contribution in [2.45, 2.75) is 6.92 Å². The molecule has 3 rings (SSSR count). The van der Waals surface area contributed by atoms with Crippen molar-refractivity contribution < 1.29 is 4.79 Å². The Balaban J connectivity index is 2.06. The summed E-state index contributed by atoms with van der Waals surface area (Å²) in [7, 11) is 0. The van der Waals surface area contributed by atoms with E-state index < -0.39 is 0 Å². The molecule has 1 amide bonds. The zero-order chi connectivity index (χ0) is 16.2. The Morgan fingerprint density at radius 1 is 1.04 bits per heavy atom. The lowest BCUT2D eigenvalue weighted by Gasteiger charge is -2.10. The Morgan fingerprint density at radius 2 is 1.83 bits per heavy atom. The lowest BCUT2D eigenvalue weighted by molar-refractivity contribution is -0.114. The van der Waals surface area contributed by atoms with Gasteiger partial charge in [-0.3, -0.25) is 19.1 Å². The molecular weight excluding hydrogens is 290 g/mol. The van der Waals surface area contributed by atoms with Gasteiger partial charge in [0.25, 0.3) is 5.56 Å². The Labute approximate surface area is 133 Å². The summed E-state index contributed by atoms with van der Waals surface area (Å²) in [6, 6.07) is 14.2. The molecule has 0 radical (unpaired) electrons. The van der Waals surface area contributed by atoms with E-state index in [-0.39, 0.29) is 11.5 Å². The highest BCUT2D eigenvalue weighted by Gasteiger charge is 2.05. The van der Waals surface area contributed by atoms with Crippen molar-refractivity contribution >= 4 is 11.6 Å². The highest BCUT2D eigenvalue weighted by atomic mass is 16.1. The minimum absolute atomic E-state index is 0.136. The number of carbonyl (C=O) groups excluding carboxylic acids is 1. The first-order valence-electron chi connectivity index (χ1n) is 7.14. The predicted octanol–water partition coefficient (Wildman–Crippen LogP) is 2.86. The second-order valence-corrected chi connectivity index (χ2v) is 5.09. The van der Waals surface area contributed by atoms with Crippen LogP contribution in [0.5, 0.6) is 0 Å². The third-order valence-electron chi connectivity index (χ3n) is 3.37. The normalized spacial score (nSPS) is 10.3. The van der Waals surface area contributed by atoms with Gasteiger partial charge in [0, 0.05) is 37.3 Å². The maximum absolute atomic E-state index is 12.2. The molecule has 2 heterocycles. The Bertz CT molecular complexity index is 901. The highest BCUT2D eigenvalue weighted by molar-refractivity contribution is 5.88. The molecule has 0 saturated carbocycles. The van der Waals surface area contributed by atoms with Crippen LogP contribution in [0.2, 0.25) is 0 Å². The molecule has 5 heteroatoms. The fraction of sp³-hybridized carbons (Fsp3) is 0.0556. The predicted molar refractivity (Wildman–Crippen MR) is 89.6 cm³/mol. The first-order chi connectivity index (χ1) is 11.1. The van der Waals surface area contributed by atoms with Crippen molar-refractivity contribution in [2.24, 2.45) is 0 Å². The number of benzene rings is 1. The maximum atomic E-state index is 12.2. The van der Waals surface area contributed by atoms with Gasteiger partial charge in [0.05, 0.1) is 5.69 Å². The van der Waals surface area contributed by atoms with E-state index in [0.717, 1.165) is 11.1 Å². The van der Waals surface area contributed by atoms with E-state index >= 15 is 0 Å². The van der Waals surface area contributed by atoms with Crippen molar-refractivity contribution in [1.82, 2.24) is 9.55 Å². The van der Waals surface area contributed by atoms with Crippen LogP contribution in [0.4, 0.5) is 5.69 Å². The molecule has 2 aromatic heterocycles. The largest absolute Gasteiger partial charge is 0.326 e. The fourth-order valence-electron chi connectivity index (χ4n) is 2.34. The summed E-state index contributed by atoms with van der Waals surface area (Å²) >= 11 is 0. The van der Waals surface area contributed by atoms with Crippen LogP contribution in [-0.4, -0.2) is 15.5 Å². The zero-order valence-corrected chi connectivity index (χ0v) is 12.6. The Morgan fingerprint density at radius 3 is 2.57 bits per heavy atom. The highest BCUT2D eigenvalue weighted by Crippen LogP contribution is 2.19. The molecule has 0 aliphatic heterocycles. The van der Waals surface area contributed by atoms with Crippen LogP contribution < -0.4 is 10.9 Å². The second kappa shape index (κ2) is 6.27. The molecule has 114 valence electrons. The van der Waals surface area contributed by atoms with Gasteiger partial charge < -0.3 is 5.32 Å². The first-order valence-corrected chi connectivity index (χ1v) is 7.14. The summed E-state index contributed by atoms with van der Waals surface area (Å²) in [6.07, 6.45) is 5.20. The average Bonchev–Trinajstić information content (AvgIpc) is 2.56. The summed E-state index contributed by atoms with van der Waals surface area (Å²) in [4.78, 5) is 27.4. The molecule has 5 nitrogen and oxygen atoms in total. The lowest BCUT2D eigenvalue weighted by atomic mass is 10.1. The van der Waals surface area contributed by atoms with Crippen molar-refractivity contribution in [3.63, 3.8) is 0 Å². The van der Waals surface area contributed by atoms with Gasteiger partial charge in [-0.25, -0.2) is 0 Å². The number of aromatic nitrogens is 2. The smallest absolute Gasteiger partial charge is 0.255 e. The summed E-state index contributed by atoms with van der Waals surface area (Å²) in [5.41, 5.74) is 3.10. The third kappa shape index (κ3) is 3.35. The topological polar surface area (TPSA) is 64.0 Å². The number of nitrogens with one attached hydrogen (secondary N) is 1. The van der Waals surface area contributed by atoms with Crippen LogP contribution in [0, 0.1) is 0 Å². The number of nitrogens with zero attached hydrogens (tertiary/aromatic N) is 2. The van der Waals surface area contributed by atoms with Gasteiger partial charge in [0.1, 0.15) is 0 Å². The van der Waals surface area contributed by atoms with Gasteiger partial charge in [-0.15, -0.1) is 0 Å². The van der Waals surface area contributed by atoms with Crippen LogP contribution >= 0.6 is 0 Å². The molecule has 1 aromatic carbocycles. The van der Waals surface area contributed by atoms with Crippen LogP contribution in [-0.2, 0) is 4.79 Å². The van der Waals surface area contributed by atoms with E-state index in [4.69, 9.17) is 0 Å². The zero-order valence-electron chi connectivity index (χ0n) is 12.6. The molecule has 0 aliphatic rings. The Kier molecular flexibility index (Phi) is 4.01. The van der Waals surface area contributed by atoms with Crippen molar-refractivity contribution in [3.8, 4) is 16.8 Å². The van der Waals surface area contributed by atoms with Crippen molar-refractivity contribution in [2.75, 3.05) is 5.32 Å². The average molecular weight is 305 g/mol. The molecule has 3 aromatic rings. The van der Waals surface area contributed by atoms with E-state index in [1.54, 1.807) is 47.4 Å². The molecule has 0 aliphatic carbocycles. The van der Waals surface area contributed by atoms with Crippen LogP contribution in [0.25, 0.3) is 16.8 Å². The fourth-order valence-corrected chi connectivity index (χ4v) is 2.34. The van der Waals surface area contributed by atoms with Crippen LogP contribution in [0.3, 0.4) is 0 Å². The maximum Gasteiger partial charge on any atom is 0.255 e. The quantitative estimate of drug-likeness (QED) is 0.809. The molecule has 1 N–H and O–H groups in total. The van der Waals surface area contributed by atoms with Gasteiger partial charge in [-0.1, -0.05) is 6.07 Å². The van der Waals surface area contributed by atoms with E-state index in [1.165, 1.54) is 13.0 Å². The van der Waals surface area contributed by atoms with E-state index in [2.05, 4.69) is 10.3 Å². The first kappa shape index (κ1) is 14.7. The second-order valence-electron chi connectivity index (χ2n) is 5.09. The lowest BCUT2D eigenvalue weighted by Crippen LogP contribution is -2.16. The van der Waals surface area contributed by atoms with Crippen molar-refractivity contribution in [1.29, 1.82) is 0 Å². The number of amides is 1. The summed E-state index contributed by atoms with van der Waals surface area (Å²) < 4.78 is 1.56. The van der Waals surface area contributed by atoms with Crippen molar-refractivity contribution in [3.05, 3.63) is 77.5 Å². The number of rotatable bonds is 3. The van der Waals surface area contributed by atoms with Gasteiger partial charge in [0.2, 0.25) is 5.91 Å². The summed E-state index contributed by atoms with van der Waals surface area (Å²) in [6.45, 7) is 1.45. The summed E-state index contributed by atoms with van der Waals surface area (Å²) in [5, 5.41) is 2.72. The monoisotopic (exact) mass is 305 g/mol.